The van der Waals surface area contributed by atoms with Crippen LogP contribution in [0.3, 0.4) is 0 Å². The molecule has 30 heavy (non-hydrogen) atoms. The second-order valence-electron chi connectivity index (χ2n) is 9.64. The van der Waals surface area contributed by atoms with Gasteiger partial charge in [-0.3, -0.25) is 4.48 Å². The van der Waals surface area contributed by atoms with Crippen LogP contribution in [0.15, 0.2) is 36.7 Å². The minimum absolute atomic E-state index is 0.143. The molecule has 156 valence electrons. The number of aromatic nitrogens is 2. The van der Waals surface area contributed by atoms with Crippen LogP contribution in [0.1, 0.15) is 67.3 Å². The van der Waals surface area contributed by atoms with E-state index in [1.807, 2.05) is 0 Å². The summed E-state index contributed by atoms with van der Waals surface area (Å²) in [5, 5.41) is 0. The number of nitrogens with zero attached hydrogens (tertiary/aromatic N) is 3. The molecule has 0 radical (unpaired) electrons. The second kappa shape index (κ2) is 7.33. The van der Waals surface area contributed by atoms with Gasteiger partial charge in [0.15, 0.2) is 0 Å². The molecule has 0 bridgehead atoms. The van der Waals surface area contributed by atoms with Crippen LogP contribution in [0.2, 0.25) is 0 Å². The molecule has 3 nitrogen and oxygen atoms in total. The van der Waals surface area contributed by atoms with E-state index in [0.29, 0.717) is 11.8 Å². The number of fused-ring (bicyclic) bond motifs is 3. The minimum atomic E-state index is 0.143. The average molecular weight is 400 g/mol. The molecule has 2 heterocycles. The largest absolute Gasteiger partial charge is 0.537 e. The smallest absolute Gasteiger partial charge is 0.372 e. The van der Waals surface area contributed by atoms with Crippen molar-refractivity contribution in [1.29, 1.82) is 0 Å². The Hall–Kier alpha value is -2.49. The Morgan fingerprint density at radius 2 is 1.50 bits per heavy atom. The number of rotatable bonds is 3. The van der Waals surface area contributed by atoms with Gasteiger partial charge in [0.1, 0.15) is 12.4 Å². The molecule has 2 aromatic carbocycles. The SMILES string of the molecule is Cc1cc(C)c2c(c1C)N(C)B(c1c(C(C)C)cccc1C(C)C)[n+]1ccn(C)c1-2. The lowest BCUT2D eigenvalue weighted by atomic mass is 9.58. The molecule has 0 amide bonds. The van der Waals surface area contributed by atoms with Crippen LogP contribution in [0, 0.1) is 20.8 Å². The Bertz CT molecular complexity index is 1100. The van der Waals surface area contributed by atoms with Gasteiger partial charge in [-0.05, 0) is 67.5 Å². The van der Waals surface area contributed by atoms with E-state index in [1.54, 1.807) is 0 Å². The summed E-state index contributed by atoms with van der Waals surface area (Å²) in [7, 11) is 4.45. The Kier molecular flexibility index (Phi) is 5.08. The summed E-state index contributed by atoms with van der Waals surface area (Å²) in [5.74, 6) is 2.24. The zero-order valence-electron chi connectivity index (χ0n) is 20.0. The van der Waals surface area contributed by atoms with Crippen molar-refractivity contribution in [2.24, 2.45) is 7.05 Å². The Morgan fingerprint density at radius 1 is 0.900 bits per heavy atom. The monoisotopic (exact) mass is 400 g/mol. The van der Waals surface area contributed by atoms with E-state index in [9.17, 15) is 0 Å². The fourth-order valence-corrected chi connectivity index (χ4v) is 5.34. The van der Waals surface area contributed by atoms with Gasteiger partial charge < -0.3 is 4.81 Å². The van der Waals surface area contributed by atoms with Crippen molar-refractivity contribution in [2.75, 3.05) is 11.9 Å². The minimum Gasteiger partial charge on any atom is -0.372 e. The van der Waals surface area contributed by atoms with E-state index in [-0.39, 0.29) is 6.98 Å². The third-order valence-electron chi connectivity index (χ3n) is 6.92. The van der Waals surface area contributed by atoms with Crippen LogP contribution in [-0.2, 0) is 7.05 Å². The van der Waals surface area contributed by atoms with E-state index in [0.717, 1.165) is 0 Å². The molecule has 4 heteroatoms. The summed E-state index contributed by atoms with van der Waals surface area (Å²) >= 11 is 0. The number of hydrogen-bond donors (Lipinski definition) is 0. The van der Waals surface area contributed by atoms with Crippen molar-refractivity contribution in [1.82, 2.24) is 4.57 Å². The molecule has 4 rings (SSSR count). The molecule has 0 N–H and O–H groups in total. The zero-order chi connectivity index (χ0) is 21.9. The lowest BCUT2D eigenvalue weighted by Gasteiger charge is -2.35. The van der Waals surface area contributed by atoms with E-state index in [4.69, 9.17) is 0 Å². The molecule has 0 saturated heterocycles. The molecule has 3 aromatic rings. The topological polar surface area (TPSA) is 12.1 Å². The van der Waals surface area contributed by atoms with Crippen molar-refractivity contribution in [3.63, 3.8) is 0 Å². The van der Waals surface area contributed by atoms with Gasteiger partial charge in [0.25, 0.3) is 5.82 Å². The first-order chi connectivity index (χ1) is 14.1. The predicted octanol–water partition coefficient (Wildman–Crippen LogP) is 4.84. The van der Waals surface area contributed by atoms with E-state index >= 15 is 0 Å². The second-order valence-corrected chi connectivity index (χ2v) is 9.64. The van der Waals surface area contributed by atoms with Gasteiger partial charge in [-0.15, -0.1) is 0 Å². The van der Waals surface area contributed by atoms with Crippen LogP contribution >= 0.6 is 0 Å². The van der Waals surface area contributed by atoms with Gasteiger partial charge in [-0.25, -0.2) is 4.57 Å². The number of imidazole rings is 1. The quantitative estimate of drug-likeness (QED) is 0.573. The van der Waals surface area contributed by atoms with Crippen molar-refractivity contribution in [3.8, 4) is 11.4 Å². The summed E-state index contributed by atoms with van der Waals surface area (Å²) < 4.78 is 4.77. The molecule has 0 atom stereocenters. The normalized spacial score (nSPS) is 13.3. The summed E-state index contributed by atoms with van der Waals surface area (Å²) in [5.41, 5.74) is 11.2. The molecular weight excluding hydrogens is 365 g/mol. The van der Waals surface area contributed by atoms with Gasteiger partial charge >= 0.3 is 6.98 Å². The van der Waals surface area contributed by atoms with Crippen molar-refractivity contribution >= 4 is 18.1 Å². The van der Waals surface area contributed by atoms with E-state index in [1.165, 1.54) is 50.4 Å². The highest BCUT2D eigenvalue weighted by atomic mass is 15.2. The van der Waals surface area contributed by atoms with Crippen molar-refractivity contribution in [2.45, 2.75) is 60.3 Å². The standard InChI is InChI=1S/C26H35BN3/c1-16(2)21-11-10-12-22(17(3)4)24(21)27-29(9)25-20(7)18(5)15-19(6)23(25)26-28(8)13-14-30(26)27/h10-17H,1-9H3/q+1. The number of anilines is 1. The molecule has 0 aliphatic carbocycles. The summed E-state index contributed by atoms with van der Waals surface area (Å²) in [6, 6.07) is 9.22. The van der Waals surface area contributed by atoms with Gasteiger partial charge in [-0.2, -0.15) is 0 Å². The lowest BCUT2D eigenvalue weighted by Crippen LogP contribution is -2.71. The molecule has 0 saturated carbocycles. The van der Waals surface area contributed by atoms with Crippen LogP contribution in [0.5, 0.6) is 0 Å². The van der Waals surface area contributed by atoms with Crippen LogP contribution in [0.25, 0.3) is 11.4 Å². The molecule has 0 fully saturated rings. The van der Waals surface area contributed by atoms with Crippen LogP contribution < -0.4 is 14.8 Å². The average Bonchev–Trinajstić information content (AvgIpc) is 3.06. The molecule has 1 aromatic heterocycles. The number of aryl methyl sites for hydroxylation is 3. The highest BCUT2D eigenvalue weighted by Crippen LogP contribution is 2.39. The lowest BCUT2D eigenvalue weighted by molar-refractivity contribution is -0.523. The summed E-state index contributed by atoms with van der Waals surface area (Å²) in [6.45, 7) is 16.2. The van der Waals surface area contributed by atoms with E-state index < -0.39 is 0 Å². The van der Waals surface area contributed by atoms with E-state index in [2.05, 4.69) is 113 Å². The van der Waals surface area contributed by atoms with Gasteiger partial charge in [0.05, 0.1) is 12.6 Å². The highest BCUT2D eigenvalue weighted by Gasteiger charge is 2.46. The molecule has 1 aliphatic rings. The predicted molar refractivity (Wildman–Crippen MR) is 129 cm³/mol. The maximum atomic E-state index is 2.52. The van der Waals surface area contributed by atoms with Gasteiger partial charge in [-0.1, -0.05) is 52.0 Å². The number of benzene rings is 2. The molecule has 1 aliphatic heterocycles. The maximum Gasteiger partial charge on any atom is 0.537 e. The Labute approximate surface area is 182 Å². The van der Waals surface area contributed by atoms with Gasteiger partial charge in [0.2, 0.25) is 0 Å². The summed E-state index contributed by atoms with van der Waals surface area (Å²) in [4.78, 5) is 2.52. The van der Waals surface area contributed by atoms with Crippen molar-refractivity contribution in [3.05, 3.63) is 64.5 Å². The first-order valence-corrected chi connectivity index (χ1v) is 11.2. The zero-order valence-corrected chi connectivity index (χ0v) is 20.0. The Morgan fingerprint density at radius 3 is 2.07 bits per heavy atom. The van der Waals surface area contributed by atoms with Gasteiger partial charge in [0, 0.05) is 11.2 Å². The van der Waals surface area contributed by atoms with Crippen LogP contribution in [0.4, 0.5) is 5.69 Å². The first-order valence-electron chi connectivity index (χ1n) is 11.2. The summed E-state index contributed by atoms with van der Waals surface area (Å²) in [6.07, 6.45) is 4.46. The molecule has 0 spiro atoms. The molecular formula is C26H35BN3+. The maximum absolute atomic E-state index is 2.52. The first kappa shape index (κ1) is 20.8. The fourth-order valence-electron chi connectivity index (χ4n) is 5.34. The third-order valence-corrected chi connectivity index (χ3v) is 6.92. The number of hydrogen-bond acceptors (Lipinski definition) is 1. The Balaban J connectivity index is 2.11. The fraction of sp³-hybridized carbons (Fsp3) is 0.423. The third kappa shape index (κ3) is 2.92. The van der Waals surface area contributed by atoms with Crippen molar-refractivity contribution < 1.29 is 4.48 Å². The highest BCUT2D eigenvalue weighted by molar-refractivity contribution is 6.71. The van der Waals surface area contributed by atoms with Crippen LogP contribution in [-0.4, -0.2) is 18.6 Å². The molecule has 0 unspecified atom stereocenters.